The summed E-state index contributed by atoms with van der Waals surface area (Å²) in [7, 11) is 0. The van der Waals surface area contributed by atoms with Crippen LogP contribution in [0.1, 0.15) is 53.9 Å². The van der Waals surface area contributed by atoms with Crippen molar-refractivity contribution in [2.24, 2.45) is 5.92 Å². The van der Waals surface area contributed by atoms with Crippen LogP contribution in [-0.2, 0) is 14.3 Å². The lowest BCUT2D eigenvalue weighted by Gasteiger charge is -2.31. The molecule has 148 valence electrons. The zero-order valence-electron chi connectivity index (χ0n) is 16.2. The Morgan fingerprint density at radius 3 is 2.54 bits per heavy atom. The van der Waals surface area contributed by atoms with Crippen molar-refractivity contribution in [2.45, 2.75) is 77.7 Å². The number of carbonyl (C=O) groups excluding carboxylic acids is 3. The van der Waals surface area contributed by atoms with E-state index in [-0.39, 0.29) is 25.0 Å². The molecule has 0 aliphatic carbocycles. The standard InChI is InChI=1S/C18H30N2O6/c1-11(2)13-10-25-17(24)20(13)15(22)9-14(21)12-7-6-8-19(12)16(23)26-18(3,4)5/h11-14,21H,6-10H2,1-5H3/t12-,13+,14+/m0/s1. The average molecular weight is 370 g/mol. The molecule has 3 atom stereocenters. The average Bonchev–Trinajstić information content (AvgIpc) is 3.11. The van der Waals surface area contributed by atoms with E-state index < -0.39 is 35.8 Å². The highest BCUT2D eigenvalue weighted by atomic mass is 16.6. The minimum atomic E-state index is -1.06. The van der Waals surface area contributed by atoms with Gasteiger partial charge in [0, 0.05) is 6.54 Å². The fourth-order valence-electron chi connectivity index (χ4n) is 3.37. The molecule has 2 saturated heterocycles. The maximum Gasteiger partial charge on any atom is 0.416 e. The Balaban J connectivity index is 2.01. The molecule has 2 rings (SSSR count). The molecule has 2 aliphatic rings. The van der Waals surface area contributed by atoms with E-state index in [0.717, 1.165) is 11.3 Å². The van der Waals surface area contributed by atoms with E-state index >= 15 is 0 Å². The molecule has 0 aromatic carbocycles. The van der Waals surface area contributed by atoms with Crippen LogP contribution in [0.4, 0.5) is 9.59 Å². The van der Waals surface area contributed by atoms with E-state index in [1.165, 1.54) is 4.90 Å². The molecule has 0 aromatic rings. The van der Waals surface area contributed by atoms with Crippen molar-refractivity contribution in [1.29, 1.82) is 0 Å². The number of carbonyl (C=O) groups is 3. The van der Waals surface area contributed by atoms with E-state index in [1.807, 2.05) is 13.8 Å². The molecule has 0 radical (unpaired) electrons. The van der Waals surface area contributed by atoms with Crippen LogP contribution in [-0.4, -0.2) is 69.9 Å². The third-order valence-corrected chi connectivity index (χ3v) is 4.70. The normalized spacial score (nSPS) is 24.8. The van der Waals surface area contributed by atoms with Gasteiger partial charge in [-0.05, 0) is 39.5 Å². The van der Waals surface area contributed by atoms with Crippen molar-refractivity contribution >= 4 is 18.1 Å². The van der Waals surface area contributed by atoms with Gasteiger partial charge in [0.15, 0.2) is 0 Å². The predicted octanol–water partition coefficient (Wildman–Crippen LogP) is 2.14. The minimum absolute atomic E-state index is 0.0623. The molecule has 26 heavy (non-hydrogen) atoms. The number of aliphatic hydroxyl groups excluding tert-OH is 1. The topological polar surface area (TPSA) is 96.4 Å². The summed E-state index contributed by atoms with van der Waals surface area (Å²) in [5, 5.41) is 10.6. The summed E-state index contributed by atoms with van der Waals surface area (Å²) in [5.41, 5.74) is -0.630. The van der Waals surface area contributed by atoms with Crippen molar-refractivity contribution in [3.05, 3.63) is 0 Å². The smallest absolute Gasteiger partial charge is 0.416 e. The van der Waals surface area contributed by atoms with Crippen molar-refractivity contribution in [2.75, 3.05) is 13.2 Å². The molecular formula is C18H30N2O6. The number of likely N-dealkylation sites (tertiary alicyclic amines) is 1. The Bertz CT molecular complexity index is 556. The lowest BCUT2D eigenvalue weighted by atomic mass is 10.0. The zero-order chi connectivity index (χ0) is 19.6. The molecule has 0 saturated carbocycles. The van der Waals surface area contributed by atoms with Crippen molar-refractivity contribution in [1.82, 2.24) is 9.80 Å². The van der Waals surface area contributed by atoms with Gasteiger partial charge in [0.25, 0.3) is 0 Å². The van der Waals surface area contributed by atoms with Gasteiger partial charge in [-0.2, -0.15) is 0 Å². The molecule has 3 amide bonds. The van der Waals surface area contributed by atoms with Gasteiger partial charge in [-0.3, -0.25) is 4.79 Å². The Morgan fingerprint density at radius 1 is 1.31 bits per heavy atom. The van der Waals surface area contributed by atoms with Gasteiger partial charge in [0.05, 0.1) is 24.6 Å². The van der Waals surface area contributed by atoms with E-state index in [9.17, 15) is 19.5 Å². The van der Waals surface area contributed by atoms with E-state index in [1.54, 1.807) is 20.8 Å². The van der Waals surface area contributed by atoms with E-state index in [2.05, 4.69) is 0 Å². The number of imide groups is 1. The van der Waals surface area contributed by atoms with Crippen LogP contribution in [0.5, 0.6) is 0 Å². The van der Waals surface area contributed by atoms with Gasteiger partial charge >= 0.3 is 12.2 Å². The third kappa shape index (κ3) is 4.66. The second-order valence-electron chi connectivity index (χ2n) is 8.31. The molecule has 1 N–H and O–H groups in total. The van der Waals surface area contributed by atoms with Gasteiger partial charge < -0.3 is 19.5 Å². The minimum Gasteiger partial charge on any atom is -0.447 e. The molecule has 0 spiro atoms. The number of rotatable bonds is 4. The molecule has 2 fully saturated rings. The van der Waals surface area contributed by atoms with Crippen LogP contribution >= 0.6 is 0 Å². The van der Waals surface area contributed by atoms with Crippen LogP contribution in [0.25, 0.3) is 0 Å². The number of hydrogen-bond acceptors (Lipinski definition) is 6. The van der Waals surface area contributed by atoms with Crippen molar-refractivity contribution in [3.63, 3.8) is 0 Å². The molecule has 2 aliphatic heterocycles. The maximum absolute atomic E-state index is 12.6. The van der Waals surface area contributed by atoms with Gasteiger partial charge in [0.1, 0.15) is 12.2 Å². The van der Waals surface area contributed by atoms with Gasteiger partial charge in [-0.15, -0.1) is 0 Å². The van der Waals surface area contributed by atoms with Crippen LogP contribution < -0.4 is 0 Å². The number of amides is 3. The third-order valence-electron chi connectivity index (χ3n) is 4.70. The summed E-state index contributed by atoms with van der Waals surface area (Å²) in [5.74, 6) is -0.415. The van der Waals surface area contributed by atoms with Crippen molar-refractivity contribution in [3.8, 4) is 0 Å². The van der Waals surface area contributed by atoms with Gasteiger partial charge in [-0.1, -0.05) is 13.8 Å². The lowest BCUT2D eigenvalue weighted by molar-refractivity contribution is -0.132. The molecule has 0 bridgehead atoms. The highest BCUT2D eigenvalue weighted by Crippen LogP contribution is 2.26. The SMILES string of the molecule is CC(C)[C@H]1COC(=O)N1C(=O)C[C@@H](O)[C@@H]1CCCN1C(=O)OC(C)(C)C. The number of cyclic esters (lactones) is 1. The largest absolute Gasteiger partial charge is 0.447 e. The van der Waals surface area contributed by atoms with Crippen LogP contribution in [0.15, 0.2) is 0 Å². The van der Waals surface area contributed by atoms with E-state index in [0.29, 0.717) is 13.0 Å². The number of aliphatic hydroxyl groups is 1. The Labute approximate surface area is 154 Å². The Morgan fingerprint density at radius 2 is 1.96 bits per heavy atom. The first-order valence-corrected chi connectivity index (χ1v) is 9.17. The molecule has 8 nitrogen and oxygen atoms in total. The maximum atomic E-state index is 12.6. The second-order valence-corrected chi connectivity index (χ2v) is 8.31. The molecule has 0 aromatic heterocycles. The summed E-state index contributed by atoms with van der Waals surface area (Å²) >= 11 is 0. The Kier molecular flexibility index (Phi) is 6.16. The molecule has 8 heteroatoms. The predicted molar refractivity (Wildman–Crippen MR) is 93.4 cm³/mol. The highest BCUT2D eigenvalue weighted by Gasteiger charge is 2.42. The van der Waals surface area contributed by atoms with Crippen LogP contribution in [0.3, 0.4) is 0 Å². The summed E-state index contributed by atoms with van der Waals surface area (Å²) in [4.78, 5) is 39.4. The van der Waals surface area contributed by atoms with Gasteiger partial charge in [0.2, 0.25) is 5.91 Å². The quantitative estimate of drug-likeness (QED) is 0.814. The molecular weight excluding hydrogens is 340 g/mol. The molecule has 0 unspecified atom stereocenters. The van der Waals surface area contributed by atoms with E-state index in [4.69, 9.17) is 9.47 Å². The summed E-state index contributed by atoms with van der Waals surface area (Å²) in [6, 6.07) is -0.822. The zero-order valence-corrected chi connectivity index (χ0v) is 16.2. The lowest BCUT2D eigenvalue weighted by Crippen LogP contribution is -2.48. The second kappa shape index (κ2) is 7.82. The molecule has 2 heterocycles. The first-order chi connectivity index (χ1) is 12.0. The fraction of sp³-hybridized carbons (Fsp3) is 0.833. The summed E-state index contributed by atoms with van der Waals surface area (Å²) in [6.45, 7) is 9.80. The summed E-state index contributed by atoms with van der Waals surface area (Å²) in [6.07, 6.45) is -1.13. The van der Waals surface area contributed by atoms with Gasteiger partial charge in [-0.25, -0.2) is 14.5 Å². The number of ether oxygens (including phenoxy) is 2. The first-order valence-electron chi connectivity index (χ1n) is 9.17. The summed E-state index contributed by atoms with van der Waals surface area (Å²) < 4.78 is 10.4. The monoisotopic (exact) mass is 370 g/mol. The van der Waals surface area contributed by atoms with Crippen LogP contribution in [0.2, 0.25) is 0 Å². The van der Waals surface area contributed by atoms with Crippen LogP contribution in [0, 0.1) is 5.92 Å². The number of nitrogens with zero attached hydrogens (tertiary/aromatic N) is 2. The Hall–Kier alpha value is -1.83. The number of hydrogen-bond donors (Lipinski definition) is 1. The van der Waals surface area contributed by atoms with Crippen molar-refractivity contribution < 1.29 is 29.0 Å². The first kappa shape index (κ1) is 20.5. The fourth-order valence-corrected chi connectivity index (χ4v) is 3.37. The highest BCUT2D eigenvalue weighted by molar-refractivity contribution is 5.93.